The van der Waals surface area contributed by atoms with Gasteiger partial charge in [0, 0.05) is 6.61 Å². The van der Waals surface area contributed by atoms with E-state index in [-0.39, 0.29) is 0 Å². The molecule has 4 rings (SSSR count). The highest BCUT2D eigenvalue weighted by atomic mass is 16.3. The van der Waals surface area contributed by atoms with Crippen LogP contribution in [-0.4, -0.2) is 18.3 Å². The Morgan fingerprint density at radius 3 is 2.12 bits per heavy atom. The number of fused-ring (bicyclic) bond motifs is 9. The molecule has 4 fully saturated rings. The van der Waals surface area contributed by atoms with Gasteiger partial charge in [-0.05, 0) is 79.6 Å². The highest BCUT2D eigenvalue weighted by molar-refractivity contribution is 5.12. The van der Waals surface area contributed by atoms with Crippen LogP contribution in [0.4, 0.5) is 0 Å². The smallest absolute Gasteiger partial charge is 0.0462 e. The lowest BCUT2D eigenvalue weighted by molar-refractivity contribution is 0.0511. The minimum atomic E-state index is 0.440. The molecule has 90 valence electrons. The molecule has 0 heterocycles. The van der Waals surface area contributed by atoms with Crippen molar-refractivity contribution in [2.24, 2.45) is 53.1 Å². The van der Waals surface area contributed by atoms with Gasteiger partial charge in [-0.25, -0.2) is 0 Å². The standard InChI is InChI=1S/C14H23NO/c15-5-9-1-7-3-11(9)14-12-4-8(13(7)14)2-10(12)6-16/h7-14,16H,1-6,15H2. The fourth-order valence-electron chi connectivity index (χ4n) is 6.36. The second-order valence-electron chi connectivity index (χ2n) is 6.88. The van der Waals surface area contributed by atoms with Crippen molar-refractivity contribution < 1.29 is 5.11 Å². The Hall–Kier alpha value is -0.0800. The van der Waals surface area contributed by atoms with Gasteiger partial charge in [-0.15, -0.1) is 0 Å². The van der Waals surface area contributed by atoms with E-state index in [1.165, 1.54) is 25.7 Å². The van der Waals surface area contributed by atoms with Crippen molar-refractivity contribution in [1.82, 2.24) is 0 Å². The first-order valence-electron chi connectivity index (χ1n) is 7.14. The van der Waals surface area contributed by atoms with E-state index in [1.807, 2.05) is 0 Å². The SMILES string of the molecule is NCC1CC2CC1C1C3CC(CC3CO)C21. The molecule has 0 aromatic rings. The molecule has 4 aliphatic rings. The Kier molecular flexibility index (Phi) is 2.00. The zero-order valence-electron chi connectivity index (χ0n) is 9.89. The Labute approximate surface area is 97.6 Å². The fraction of sp³-hybridized carbons (Fsp3) is 1.00. The summed E-state index contributed by atoms with van der Waals surface area (Å²) < 4.78 is 0. The van der Waals surface area contributed by atoms with Gasteiger partial charge < -0.3 is 10.8 Å². The third-order valence-corrected chi connectivity index (χ3v) is 6.63. The molecule has 4 bridgehead atoms. The lowest BCUT2D eigenvalue weighted by atomic mass is 9.65. The number of hydrogen-bond donors (Lipinski definition) is 2. The molecule has 0 saturated heterocycles. The van der Waals surface area contributed by atoms with Gasteiger partial charge in [0.15, 0.2) is 0 Å². The number of nitrogens with two attached hydrogens (primary N) is 1. The highest BCUT2D eigenvalue weighted by Gasteiger charge is 2.63. The monoisotopic (exact) mass is 221 g/mol. The van der Waals surface area contributed by atoms with Crippen LogP contribution in [0.2, 0.25) is 0 Å². The Bertz CT molecular complexity index is 277. The maximum Gasteiger partial charge on any atom is 0.0462 e. The number of hydrogen-bond acceptors (Lipinski definition) is 2. The normalized spacial score (nSPS) is 61.9. The minimum Gasteiger partial charge on any atom is -0.396 e. The average Bonchev–Trinajstić information content (AvgIpc) is 3.03. The van der Waals surface area contributed by atoms with Crippen LogP contribution in [0.3, 0.4) is 0 Å². The largest absolute Gasteiger partial charge is 0.396 e. The Morgan fingerprint density at radius 2 is 1.50 bits per heavy atom. The molecule has 8 unspecified atom stereocenters. The van der Waals surface area contributed by atoms with Gasteiger partial charge >= 0.3 is 0 Å². The lowest BCUT2D eigenvalue weighted by Gasteiger charge is -2.41. The van der Waals surface area contributed by atoms with E-state index < -0.39 is 0 Å². The molecule has 8 atom stereocenters. The van der Waals surface area contributed by atoms with Crippen molar-refractivity contribution in [1.29, 1.82) is 0 Å². The summed E-state index contributed by atoms with van der Waals surface area (Å²) >= 11 is 0. The van der Waals surface area contributed by atoms with E-state index in [4.69, 9.17) is 5.73 Å². The van der Waals surface area contributed by atoms with E-state index in [0.717, 1.165) is 48.0 Å². The predicted molar refractivity (Wildman–Crippen MR) is 62.5 cm³/mol. The third-order valence-electron chi connectivity index (χ3n) is 6.63. The zero-order valence-corrected chi connectivity index (χ0v) is 9.89. The van der Waals surface area contributed by atoms with Gasteiger partial charge in [0.25, 0.3) is 0 Å². The Balaban J connectivity index is 1.64. The van der Waals surface area contributed by atoms with E-state index in [1.54, 1.807) is 0 Å². The second kappa shape index (κ2) is 3.23. The van der Waals surface area contributed by atoms with Crippen molar-refractivity contribution in [2.75, 3.05) is 13.2 Å². The summed E-state index contributed by atoms with van der Waals surface area (Å²) in [6.45, 7) is 1.35. The van der Waals surface area contributed by atoms with Crippen molar-refractivity contribution in [2.45, 2.75) is 25.7 Å². The van der Waals surface area contributed by atoms with Gasteiger partial charge in [-0.1, -0.05) is 0 Å². The number of aliphatic hydroxyl groups excluding tert-OH is 1. The van der Waals surface area contributed by atoms with Gasteiger partial charge in [0.05, 0.1) is 0 Å². The van der Waals surface area contributed by atoms with Crippen LogP contribution >= 0.6 is 0 Å². The fourth-order valence-corrected chi connectivity index (χ4v) is 6.36. The van der Waals surface area contributed by atoms with Gasteiger partial charge in [-0.2, -0.15) is 0 Å². The third kappa shape index (κ3) is 1.01. The molecule has 3 N–H and O–H groups in total. The number of rotatable bonds is 2. The van der Waals surface area contributed by atoms with Crippen molar-refractivity contribution in [3.05, 3.63) is 0 Å². The van der Waals surface area contributed by atoms with Crippen LogP contribution in [0.15, 0.2) is 0 Å². The molecule has 16 heavy (non-hydrogen) atoms. The first-order chi connectivity index (χ1) is 7.83. The molecule has 0 aromatic carbocycles. The van der Waals surface area contributed by atoms with Crippen molar-refractivity contribution in [3.8, 4) is 0 Å². The average molecular weight is 221 g/mol. The molecule has 2 nitrogen and oxygen atoms in total. The molecule has 4 saturated carbocycles. The van der Waals surface area contributed by atoms with E-state index >= 15 is 0 Å². The molecule has 2 heteroatoms. The summed E-state index contributed by atoms with van der Waals surface area (Å²) in [6.07, 6.45) is 5.67. The van der Waals surface area contributed by atoms with Crippen molar-refractivity contribution in [3.63, 3.8) is 0 Å². The topological polar surface area (TPSA) is 46.2 Å². The van der Waals surface area contributed by atoms with Crippen LogP contribution in [-0.2, 0) is 0 Å². The quantitative estimate of drug-likeness (QED) is 0.694. The van der Waals surface area contributed by atoms with Gasteiger partial charge in [-0.3, -0.25) is 0 Å². The predicted octanol–water partition coefficient (Wildman–Crippen LogP) is 1.48. The van der Waals surface area contributed by atoms with E-state index in [0.29, 0.717) is 12.5 Å². The molecule has 4 aliphatic carbocycles. The summed E-state index contributed by atoms with van der Waals surface area (Å²) in [5.74, 6) is 7.26. The van der Waals surface area contributed by atoms with Crippen LogP contribution in [0.5, 0.6) is 0 Å². The minimum absolute atomic E-state index is 0.440. The van der Waals surface area contributed by atoms with Gasteiger partial charge in [0.2, 0.25) is 0 Å². The summed E-state index contributed by atoms with van der Waals surface area (Å²) in [5, 5.41) is 9.48. The first-order valence-corrected chi connectivity index (χ1v) is 7.14. The summed E-state index contributed by atoms with van der Waals surface area (Å²) in [4.78, 5) is 0. The molecule has 0 amide bonds. The van der Waals surface area contributed by atoms with Crippen molar-refractivity contribution >= 4 is 0 Å². The van der Waals surface area contributed by atoms with Crippen LogP contribution < -0.4 is 5.73 Å². The molecular formula is C14H23NO. The maximum atomic E-state index is 9.48. The highest BCUT2D eigenvalue weighted by Crippen LogP contribution is 2.69. The second-order valence-corrected chi connectivity index (χ2v) is 6.88. The molecular weight excluding hydrogens is 198 g/mol. The lowest BCUT2D eigenvalue weighted by Crippen LogP contribution is -2.38. The van der Waals surface area contributed by atoms with Crippen LogP contribution in [0, 0.1) is 47.3 Å². The van der Waals surface area contributed by atoms with Crippen LogP contribution in [0.1, 0.15) is 25.7 Å². The molecule has 0 radical (unpaired) electrons. The molecule has 0 spiro atoms. The Morgan fingerprint density at radius 1 is 0.875 bits per heavy atom. The summed E-state index contributed by atoms with van der Waals surface area (Å²) in [6, 6.07) is 0. The summed E-state index contributed by atoms with van der Waals surface area (Å²) in [7, 11) is 0. The summed E-state index contributed by atoms with van der Waals surface area (Å²) in [5.41, 5.74) is 5.92. The first kappa shape index (κ1) is 9.90. The maximum absolute atomic E-state index is 9.48. The number of aliphatic hydroxyl groups is 1. The molecule has 0 aromatic heterocycles. The zero-order chi connectivity index (χ0) is 10.9. The van der Waals surface area contributed by atoms with E-state index in [2.05, 4.69) is 0 Å². The van der Waals surface area contributed by atoms with Crippen LogP contribution in [0.25, 0.3) is 0 Å². The molecule has 0 aliphatic heterocycles. The van der Waals surface area contributed by atoms with Gasteiger partial charge in [0.1, 0.15) is 0 Å². The van der Waals surface area contributed by atoms with E-state index in [9.17, 15) is 5.11 Å².